The van der Waals surface area contributed by atoms with Crippen molar-refractivity contribution in [3.63, 3.8) is 0 Å². The molecule has 0 fully saturated rings. The lowest BCUT2D eigenvalue weighted by atomic mass is 10.1. The number of halogens is 1. The van der Waals surface area contributed by atoms with Gasteiger partial charge < -0.3 is 4.74 Å². The first kappa shape index (κ1) is 14.4. The van der Waals surface area contributed by atoms with Gasteiger partial charge in [0.2, 0.25) is 0 Å². The van der Waals surface area contributed by atoms with Crippen LogP contribution in [0.2, 0.25) is 0 Å². The van der Waals surface area contributed by atoms with Crippen molar-refractivity contribution in [3.05, 3.63) is 41.7 Å². The number of carbonyl (C=O) groups is 1. The van der Waals surface area contributed by atoms with Crippen LogP contribution in [0.4, 0.5) is 4.39 Å². The second-order valence-electron chi connectivity index (χ2n) is 4.76. The Labute approximate surface area is 107 Å². The second-order valence-corrected chi connectivity index (χ2v) is 4.76. The largest absolute Gasteiger partial charge is 0.460 e. The summed E-state index contributed by atoms with van der Waals surface area (Å²) in [6.07, 6.45) is 3.74. The third-order valence-corrected chi connectivity index (χ3v) is 2.40. The van der Waals surface area contributed by atoms with Gasteiger partial charge in [0.1, 0.15) is 5.82 Å². The first-order valence-electron chi connectivity index (χ1n) is 6.11. The summed E-state index contributed by atoms with van der Waals surface area (Å²) in [6, 6.07) is 5.92. The third kappa shape index (κ3) is 5.62. The van der Waals surface area contributed by atoms with Gasteiger partial charge in [0, 0.05) is 6.08 Å². The van der Waals surface area contributed by atoms with Gasteiger partial charge in [0.05, 0.1) is 6.10 Å². The summed E-state index contributed by atoms with van der Waals surface area (Å²) in [4.78, 5) is 11.5. The van der Waals surface area contributed by atoms with E-state index >= 15 is 0 Å². The maximum Gasteiger partial charge on any atom is 0.331 e. The minimum absolute atomic E-state index is 0.0876. The van der Waals surface area contributed by atoms with Crippen LogP contribution in [0.3, 0.4) is 0 Å². The summed E-state index contributed by atoms with van der Waals surface area (Å²) in [6.45, 7) is 6.04. The van der Waals surface area contributed by atoms with Crippen LogP contribution < -0.4 is 0 Å². The lowest BCUT2D eigenvalue weighted by molar-refractivity contribution is -0.142. The minimum Gasteiger partial charge on any atom is -0.460 e. The lowest BCUT2D eigenvalue weighted by Gasteiger charge is -2.13. The van der Waals surface area contributed by atoms with E-state index in [-0.39, 0.29) is 17.9 Å². The summed E-state index contributed by atoms with van der Waals surface area (Å²) in [7, 11) is 0. The Balaban J connectivity index is 2.46. The van der Waals surface area contributed by atoms with Crippen molar-refractivity contribution >= 4 is 12.0 Å². The predicted molar refractivity (Wildman–Crippen MR) is 70.4 cm³/mol. The number of benzene rings is 1. The van der Waals surface area contributed by atoms with Crippen molar-refractivity contribution in [1.29, 1.82) is 0 Å². The van der Waals surface area contributed by atoms with Crippen molar-refractivity contribution in [1.82, 2.24) is 0 Å². The molecule has 2 nitrogen and oxygen atoms in total. The molecule has 18 heavy (non-hydrogen) atoms. The Morgan fingerprint density at radius 1 is 1.28 bits per heavy atom. The molecular formula is C15H19FO2. The van der Waals surface area contributed by atoms with E-state index in [2.05, 4.69) is 13.8 Å². The van der Waals surface area contributed by atoms with Crippen molar-refractivity contribution in [2.45, 2.75) is 33.3 Å². The van der Waals surface area contributed by atoms with Gasteiger partial charge in [0.25, 0.3) is 0 Å². The highest BCUT2D eigenvalue weighted by Gasteiger charge is 2.08. The molecule has 1 unspecified atom stereocenters. The monoisotopic (exact) mass is 250 g/mol. The van der Waals surface area contributed by atoms with Gasteiger partial charge in [-0.1, -0.05) is 26.0 Å². The summed E-state index contributed by atoms with van der Waals surface area (Å²) >= 11 is 0. The minimum atomic E-state index is -0.368. The Hall–Kier alpha value is -1.64. The van der Waals surface area contributed by atoms with E-state index in [1.165, 1.54) is 18.2 Å². The molecule has 0 heterocycles. The van der Waals surface area contributed by atoms with Gasteiger partial charge in [-0.25, -0.2) is 9.18 Å². The normalized spacial score (nSPS) is 12.9. The van der Waals surface area contributed by atoms with Gasteiger partial charge in [-0.3, -0.25) is 0 Å². The van der Waals surface area contributed by atoms with Gasteiger partial charge >= 0.3 is 5.97 Å². The quantitative estimate of drug-likeness (QED) is 0.586. The maximum atomic E-state index is 12.7. The van der Waals surface area contributed by atoms with Crippen LogP contribution in [0.1, 0.15) is 32.8 Å². The molecule has 0 N–H and O–H groups in total. The smallest absolute Gasteiger partial charge is 0.331 e. The zero-order chi connectivity index (χ0) is 13.5. The molecular weight excluding hydrogens is 231 g/mol. The first-order chi connectivity index (χ1) is 8.47. The van der Waals surface area contributed by atoms with Crippen molar-refractivity contribution in [3.8, 4) is 0 Å². The number of ether oxygens (including phenoxy) is 1. The maximum absolute atomic E-state index is 12.7. The molecule has 0 bridgehead atoms. The molecule has 1 aromatic rings. The van der Waals surface area contributed by atoms with Gasteiger partial charge in [-0.2, -0.15) is 0 Å². The third-order valence-electron chi connectivity index (χ3n) is 2.40. The molecule has 0 aromatic heterocycles. The zero-order valence-electron chi connectivity index (χ0n) is 11.0. The Morgan fingerprint density at radius 3 is 2.44 bits per heavy atom. The number of hydrogen-bond acceptors (Lipinski definition) is 2. The molecule has 1 atom stereocenters. The Morgan fingerprint density at radius 2 is 1.89 bits per heavy atom. The fourth-order valence-corrected chi connectivity index (χ4v) is 1.69. The summed E-state index contributed by atoms with van der Waals surface area (Å²) in [5.41, 5.74) is 0.768. The highest BCUT2D eigenvalue weighted by Crippen LogP contribution is 2.09. The fourth-order valence-electron chi connectivity index (χ4n) is 1.69. The molecule has 0 amide bonds. The number of hydrogen-bond donors (Lipinski definition) is 0. The first-order valence-corrected chi connectivity index (χ1v) is 6.11. The molecule has 0 saturated heterocycles. The van der Waals surface area contributed by atoms with Crippen LogP contribution in [-0.2, 0) is 9.53 Å². The fraction of sp³-hybridized carbons (Fsp3) is 0.400. The predicted octanol–water partition coefficient (Wildman–Crippen LogP) is 3.82. The zero-order valence-corrected chi connectivity index (χ0v) is 11.0. The van der Waals surface area contributed by atoms with E-state index in [1.54, 1.807) is 18.2 Å². The van der Waals surface area contributed by atoms with Crippen LogP contribution in [-0.4, -0.2) is 12.1 Å². The average Bonchev–Trinajstić information content (AvgIpc) is 2.27. The van der Waals surface area contributed by atoms with Gasteiger partial charge in [0.15, 0.2) is 0 Å². The Kier molecular flexibility index (Phi) is 5.56. The van der Waals surface area contributed by atoms with Gasteiger partial charge in [-0.15, -0.1) is 0 Å². The van der Waals surface area contributed by atoms with Crippen molar-refractivity contribution in [2.24, 2.45) is 5.92 Å². The van der Waals surface area contributed by atoms with Crippen LogP contribution in [0.15, 0.2) is 30.3 Å². The summed E-state index contributed by atoms with van der Waals surface area (Å²) in [5, 5.41) is 0. The number of esters is 1. The molecule has 1 aromatic carbocycles. The van der Waals surface area contributed by atoms with Crippen LogP contribution in [0.25, 0.3) is 6.08 Å². The van der Waals surface area contributed by atoms with Crippen molar-refractivity contribution in [2.75, 3.05) is 0 Å². The van der Waals surface area contributed by atoms with E-state index in [4.69, 9.17) is 4.74 Å². The van der Waals surface area contributed by atoms with Crippen molar-refractivity contribution < 1.29 is 13.9 Å². The topological polar surface area (TPSA) is 26.3 Å². The molecule has 1 rings (SSSR count). The molecule has 98 valence electrons. The molecule has 0 radical (unpaired) electrons. The highest BCUT2D eigenvalue weighted by atomic mass is 19.1. The molecule has 0 aliphatic heterocycles. The second kappa shape index (κ2) is 6.94. The summed E-state index contributed by atoms with van der Waals surface area (Å²) < 4.78 is 17.9. The molecule has 0 aliphatic carbocycles. The summed E-state index contributed by atoms with van der Waals surface area (Å²) in [5.74, 6) is -0.165. The molecule has 3 heteroatoms. The van der Waals surface area contributed by atoms with E-state index in [9.17, 15) is 9.18 Å². The number of carbonyl (C=O) groups excluding carboxylic acids is 1. The molecule has 0 saturated carbocycles. The standard InChI is InChI=1S/C15H19FO2/c1-11(2)10-12(3)18-15(17)9-6-13-4-7-14(16)8-5-13/h4-9,11-12H,10H2,1-3H3. The lowest BCUT2D eigenvalue weighted by Crippen LogP contribution is -2.15. The molecule has 0 spiro atoms. The van der Waals surface area contributed by atoms with Crippen LogP contribution in [0, 0.1) is 11.7 Å². The van der Waals surface area contributed by atoms with E-state index in [0.29, 0.717) is 5.92 Å². The van der Waals surface area contributed by atoms with Crippen LogP contribution in [0.5, 0.6) is 0 Å². The number of rotatable bonds is 5. The van der Waals surface area contributed by atoms with Gasteiger partial charge in [-0.05, 0) is 43.0 Å². The Bertz CT molecular complexity index is 407. The van der Waals surface area contributed by atoms with E-state index in [1.807, 2.05) is 6.92 Å². The highest BCUT2D eigenvalue weighted by molar-refractivity contribution is 5.87. The average molecular weight is 250 g/mol. The SMILES string of the molecule is CC(C)CC(C)OC(=O)C=Cc1ccc(F)cc1. The molecule has 0 aliphatic rings. The van der Waals surface area contributed by atoms with Crippen LogP contribution >= 0.6 is 0 Å². The van der Waals surface area contributed by atoms with E-state index < -0.39 is 0 Å². The van der Waals surface area contributed by atoms with E-state index in [0.717, 1.165) is 12.0 Å².